The molecule has 0 spiro atoms. The molecule has 0 saturated carbocycles. The van der Waals surface area contributed by atoms with Gasteiger partial charge in [-0.3, -0.25) is 0 Å². The predicted molar refractivity (Wildman–Crippen MR) is 122 cm³/mol. The Morgan fingerprint density at radius 1 is 0.867 bits per heavy atom. The van der Waals surface area contributed by atoms with Crippen LogP contribution in [0, 0.1) is 0 Å². The lowest BCUT2D eigenvalue weighted by atomic mass is 10.0. The SMILES string of the molecule is CCc1ccc(O[C@@H](C)c2ccccc2)c2ccc(-c3coc4ccccc34)nc12. The van der Waals surface area contributed by atoms with E-state index in [2.05, 4.69) is 56.3 Å². The fourth-order valence-corrected chi connectivity index (χ4v) is 3.94. The molecule has 0 amide bonds. The van der Waals surface area contributed by atoms with Crippen molar-refractivity contribution < 1.29 is 9.15 Å². The standard InChI is InChI=1S/C27H23NO2/c1-3-19-13-16-26(30-18(2)20-9-5-4-6-10-20)22-14-15-24(28-27(19)22)23-17-29-25-12-8-7-11-21(23)25/h4-18H,3H2,1-2H3/t18-/m0/s1. The van der Waals surface area contributed by atoms with Gasteiger partial charge in [0.1, 0.15) is 23.7 Å². The summed E-state index contributed by atoms with van der Waals surface area (Å²) in [7, 11) is 0. The van der Waals surface area contributed by atoms with Crippen LogP contribution in [0.2, 0.25) is 0 Å². The molecule has 0 bridgehead atoms. The van der Waals surface area contributed by atoms with E-state index < -0.39 is 0 Å². The number of ether oxygens (including phenoxy) is 1. The van der Waals surface area contributed by atoms with Crippen molar-refractivity contribution in [3.05, 3.63) is 96.3 Å². The lowest BCUT2D eigenvalue weighted by molar-refractivity contribution is 0.230. The van der Waals surface area contributed by atoms with Crippen molar-refractivity contribution in [2.45, 2.75) is 26.4 Å². The van der Waals surface area contributed by atoms with Crippen molar-refractivity contribution in [1.82, 2.24) is 4.98 Å². The highest BCUT2D eigenvalue weighted by atomic mass is 16.5. The molecule has 148 valence electrons. The number of nitrogens with zero attached hydrogens (tertiary/aromatic N) is 1. The summed E-state index contributed by atoms with van der Waals surface area (Å²) in [6, 6.07) is 26.7. The van der Waals surface area contributed by atoms with Crippen LogP contribution >= 0.6 is 0 Å². The average Bonchev–Trinajstić information content (AvgIpc) is 3.23. The van der Waals surface area contributed by atoms with E-state index in [1.54, 1.807) is 6.26 Å². The van der Waals surface area contributed by atoms with Crippen molar-refractivity contribution in [3.8, 4) is 17.0 Å². The van der Waals surface area contributed by atoms with Crippen LogP contribution in [0.15, 0.2) is 89.5 Å². The molecule has 3 heteroatoms. The molecule has 0 aliphatic rings. The van der Waals surface area contributed by atoms with E-state index in [0.29, 0.717) is 0 Å². The van der Waals surface area contributed by atoms with Gasteiger partial charge in [-0.2, -0.15) is 0 Å². The molecule has 5 aromatic rings. The minimum absolute atomic E-state index is 0.0422. The first-order valence-corrected chi connectivity index (χ1v) is 10.4. The molecule has 5 rings (SSSR count). The van der Waals surface area contributed by atoms with Crippen molar-refractivity contribution in [1.29, 1.82) is 0 Å². The molecule has 0 saturated heterocycles. The summed E-state index contributed by atoms with van der Waals surface area (Å²) in [6.07, 6.45) is 2.66. The van der Waals surface area contributed by atoms with Gasteiger partial charge >= 0.3 is 0 Å². The quantitative estimate of drug-likeness (QED) is 0.313. The van der Waals surface area contributed by atoms with Crippen molar-refractivity contribution in [3.63, 3.8) is 0 Å². The van der Waals surface area contributed by atoms with Crippen LogP contribution in [0.25, 0.3) is 33.1 Å². The second-order valence-corrected chi connectivity index (χ2v) is 7.49. The number of hydrogen-bond acceptors (Lipinski definition) is 3. The van der Waals surface area contributed by atoms with Crippen LogP contribution in [0.5, 0.6) is 5.75 Å². The third-order valence-corrected chi connectivity index (χ3v) is 5.61. The number of hydrogen-bond donors (Lipinski definition) is 0. The van der Waals surface area contributed by atoms with Crippen LogP contribution in [0.4, 0.5) is 0 Å². The number of benzene rings is 3. The monoisotopic (exact) mass is 393 g/mol. The van der Waals surface area contributed by atoms with Crippen molar-refractivity contribution >= 4 is 21.9 Å². The minimum Gasteiger partial charge on any atom is -0.485 e. The largest absolute Gasteiger partial charge is 0.485 e. The van der Waals surface area contributed by atoms with E-state index in [-0.39, 0.29) is 6.10 Å². The molecule has 0 N–H and O–H groups in total. The first-order chi connectivity index (χ1) is 14.7. The van der Waals surface area contributed by atoms with Gasteiger partial charge in [0.25, 0.3) is 0 Å². The number of para-hydroxylation sites is 1. The summed E-state index contributed by atoms with van der Waals surface area (Å²) < 4.78 is 12.1. The van der Waals surface area contributed by atoms with Crippen LogP contribution in [0.3, 0.4) is 0 Å². The molecule has 0 fully saturated rings. The number of fused-ring (bicyclic) bond motifs is 2. The lowest BCUT2D eigenvalue weighted by Crippen LogP contribution is -2.04. The molecule has 2 heterocycles. The smallest absolute Gasteiger partial charge is 0.134 e. The molecule has 1 atom stereocenters. The van der Waals surface area contributed by atoms with E-state index in [1.165, 1.54) is 5.56 Å². The van der Waals surface area contributed by atoms with E-state index in [9.17, 15) is 0 Å². The highest BCUT2D eigenvalue weighted by molar-refractivity contribution is 5.96. The number of furan rings is 1. The Morgan fingerprint density at radius 3 is 2.50 bits per heavy atom. The van der Waals surface area contributed by atoms with Gasteiger partial charge in [0, 0.05) is 16.3 Å². The number of rotatable bonds is 5. The predicted octanol–water partition coefficient (Wildman–Crippen LogP) is 7.35. The molecule has 0 radical (unpaired) electrons. The van der Waals surface area contributed by atoms with Gasteiger partial charge in [-0.15, -0.1) is 0 Å². The third-order valence-electron chi connectivity index (χ3n) is 5.61. The van der Waals surface area contributed by atoms with Crippen molar-refractivity contribution in [2.75, 3.05) is 0 Å². The summed E-state index contributed by atoms with van der Waals surface area (Å²) in [4.78, 5) is 5.04. The van der Waals surface area contributed by atoms with E-state index in [4.69, 9.17) is 14.1 Å². The molecule has 2 aromatic heterocycles. The molecule has 0 unspecified atom stereocenters. The van der Waals surface area contributed by atoms with Gasteiger partial charge < -0.3 is 9.15 Å². The van der Waals surface area contributed by atoms with Gasteiger partial charge in [-0.05, 0) is 48.7 Å². The molecular formula is C27H23NO2. The van der Waals surface area contributed by atoms with Crippen LogP contribution in [0.1, 0.15) is 31.1 Å². The van der Waals surface area contributed by atoms with Gasteiger partial charge in [-0.1, -0.05) is 61.5 Å². The number of aryl methyl sites for hydroxylation is 1. The fraction of sp³-hybridized carbons (Fsp3) is 0.148. The molecule has 30 heavy (non-hydrogen) atoms. The first-order valence-electron chi connectivity index (χ1n) is 10.4. The van der Waals surface area contributed by atoms with Gasteiger partial charge in [-0.25, -0.2) is 4.98 Å². The Labute approximate surface area is 175 Å². The second-order valence-electron chi connectivity index (χ2n) is 7.49. The molecule has 3 nitrogen and oxygen atoms in total. The van der Waals surface area contributed by atoms with Gasteiger partial charge in [0.05, 0.1) is 11.2 Å². The average molecular weight is 393 g/mol. The van der Waals surface area contributed by atoms with Crippen LogP contribution < -0.4 is 4.74 Å². The molecular weight excluding hydrogens is 370 g/mol. The van der Waals surface area contributed by atoms with E-state index in [1.807, 2.05) is 36.4 Å². The van der Waals surface area contributed by atoms with Crippen molar-refractivity contribution in [2.24, 2.45) is 0 Å². The Kier molecular flexibility index (Phi) is 4.72. The minimum atomic E-state index is -0.0422. The Morgan fingerprint density at radius 2 is 1.67 bits per heavy atom. The van der Waals surface area contributed by atoms with E-state index in [0.717, 1.165) is 50.9 Å². The summed E-state index contributed by atoms with van der Waals surface area (Å²) in [5, 5.41) is 2.11. The highest BCUT2D eigenvalue weighted by Gasteiger charge is 2.15. The summed E-state index contributed by atoms with van der Waals surface area (Å²) >= 11 is 0. The molecule has 0 aliphatic heterocycles. The summed E-state index contributed by atoms with van der Waals surface area (Å²) in [5.41, 5.74) is 6.14. The first kappa shape index (κ1) is 18.4. The zero-order valence-corrected chi connectivity index (χ0v) is 17.1. The third kappa shape index (κ3) is 3.22. The van der Waals surface area contributed by atoms with E-state index >= 15 is 0 Å². The molecule has 3 aromatic carbocycles. The Hall–Kier alpha value is -3.59. The second kappa shape index (κ2) is 7.68. The van der Waals surface area contributed by atoms with Gasteiger partial charge in [0.15, 0.2) is 0 Å². The Bertz CT molecular complexity index is 1320. The topological polar surface area (TPSA) is 35.3 Å². The number of pyridine rings is 1. The maximum absolute atomic E-state index is 6.36. The fourth-order valence-electron chi connectivity index (χ4n) is 3.94. The highest BCUT2D eigenvalue weighted by Crippen LogP contribution is 2.35. The zero-order chi connectivity index (χ0) is 20.5. The van der Waals surface area contributed by atoms with Crippen LogP contribution in [-0.2, 0) is 6.42 Å². The van der Waals surface area contributed by atoms with Crippen LogP contribution in [-0.4, -0.2) is 4.98 Å². The normalized spacial score (nSPS) is 12.3. The van der Waals surface area contributed by atoms with Gasteiger partial charge in [0.2, 0.25) is 0 Å². The molecule has 0 aliphatic carbocycles. The Balaban J connectivity index is 1.60. The zero-order valence-electron chi connectivity index (χ0n) is 17.1. The summed E-state index contributed by atoms with van der Waals surface area (Å²) in [5.74, 6) is 0.856. The maximum Gasteiger partial charge on any atom is 0.134 e. The maximum atomic E-state index is 6.36. The summed E-state index contributed by atoms with van der Waals surface area (Å²) in [6.45, 7) is 4.23. The number of aromatic nitrogens is 1. The lowest BCUT2D eigenvalue weighted by Gasteiger charge is -2.18.